The van der Waals surface area contributed by atoms with Crippen molar-refractivity contribution in [3.05, 3.63) is 23.5 Å². The Morgan fingerprint density at radius 2 is 1.85 bits per heavy atom. The van der Waals surface area contributed by atoms with Gasteiger partial charge in [0, 0.05) is 12.0 Å². The number of carboxylic acids is 2. The topological polar surface area (TPSA) is 83.8 Å². The zero-order valence-electron chi connectivity index (χ0n) is 11.6. The first-order chi connectivity index (χ1) is 9.43. The monoisotopic (exact) mass is 280 g/mol. The molecule has 0 aliphatic heterocycles. The van der Waals surface area contributed by atoms with Gasteiger partial charge in [-0.1, -0.05) is 6.42 Å². The summed E-state index contributed by atoms with van der Waals surface area (Å²) in [5.74, 6) is -1.75. The van der Waals surface area contributed by atoms with Gasteiger partial charge in [-0.25, -0.2) is 4.79 Å². The minimum Gasteiger partial charge on any atom is -0.494 e. The molecule has 0 aromatic rings. The second kappa shape index (κ2) is 5.69. The van der Waals surface area contributed by atoms with E-state index in [0.29, 0.717) is 5.76 Å². The highest BCUT2D eigenvalue weighted by molar-refractivity contribution is 5.90. The van der Waals surface area contributed by atoms with E-state index >= 15 is 0 Å². The van der Waals surface area contributed by atoms with Gasteiger partial charge in [-0.2, -0.15) is 0 Å². The summed E-state index contributed by atoms with van der Waals surface area (Å²) in [4.78, 5) is 22.6. The van der Waals surface area contributed by atoms with E-state index in [1.807, 2.05) is 0 Å². The van der Waals surface area contributed by atoms with E-state index in [-0.39, 0.29) is 18.1 Å². The van der Waals surface area contributed by atoms with E-state index < -0.39 is 17.4 Å². The maximum Gasteiger partial charge on any atom is 0.331 e. The number of carbonyl (C=O) groups is 2. The van der Waals surface area contributed by atoms with Gasteiger partial charge in [0.1, 0.15) is 11.2 Å². The average molecular weight is 280 g/mol. The van der Waals surface area contributed by atoms with Gasteiger partial charge in [-0.05, 0) is 44.8 Å². The van der Waals surface area contributed by atoms with Crippen molar-refractivity contribution in [2.24, 2.45) is 5.41 Å². The summed E-state index contributed by atoms with van der Waals surface area (Å²) in [6.07, 6.45) is 8.21. The molecule has 20 heavy (non-hydrogen) atoms. The number of hydrogen-bond acceptors (Lipinski definition) is 3. The molecule has 110 valence electrons. The molecule has 0 bridgehead atoms. The molecular formula is C15H20O5. The Balaban J connectivity index is 2.21. The van der Waals surface area contributed by atoms with Gasteiger partial charge in [-0.3, -0.25) is 4.79 Å². The van der Waals surface area contributed by atoms with E-state index in [1.165, 1.54) is 25.5 Å². The largest absolute Gasteiger partial charge is 0.494 e. The molecule has 1 fully saturated rings. The van der Waals surface area contributed by atoms with Gasteiger partial charge in [-0.15, -0.1) is 0 Å². The molecule has 2 aliphatic carbocycles. The van der Waals surface area contributed by atoms with Crippen LogP contribution in [0.1, 0.15) is 45.4 Å². The van der Waals surface area contributed by atoms with Crippen molar-refractivity contribution in [3.63, 3.8) is 0 Å². The number of allylic oxidation sites excluding steroid dienone is 2. The van der Waals surface area contributed by atoms with Crippen LogP contribution in [0, 0.1) is 5.41 Å². The summed E-state index contributed by atoms with van der Waals surface area (Å²) in [6.45, 7) is 1.53. The molecule has 0 amide bonds. The van der Waals surface area contributed by atoms with Crippen LogP contribution in [0.15, 0.2) is 23.5 Å². The first-order valence-electron chi connectivity index (χ1n) is 6.98. The highest BCUT2D eigenvalue weighted by atomic mass is 16.5. The van der Waals surface area contributed by atoms with Gasteiger partial charge in [0.05, 0.1) is 6.10 Å². The number of ether oxygens (including phenoxy) is 1. The predicted molar refractivity (Wildman–Crippen MR) is 72.1 cm³/mol. The summed E-state index contributed by atoms with van der Waals surface area (Å²) in [6, 6.07) is 0. The molecule has 5 nitrogen and oxygen atoms in total. The maximum absolute atomic E-state index is 11.6. The van der Waals surface area contributed by atoms with Crippen LogP contribution in [-0.4, -0.2) is 28.3 Å². The van der Waals surface area contributed by atoms with E-state index in [2.05, 4.69) is 0 Å². The van der Waals surface area contributed by atoms with Crippen LogP contribution >= 0.6 is 0 Å². The van der Waals surface area contributed by atoms with Crippen LogP contribution in [0.3, 0.4) is 0 Å². The molecule has 0 radical (unpaired) electrons. The summed E-state index contributed by atoms with van der Waals surface area (Å²) in [7, 11) is 0. The van der Waals surface area contributed by atoms with Crippen molar-refractivity contribution >= 4 is 11.9 Å². The van der Waals surface area contributed by atoms with Crippen LogP contribution in [0.4, 0.5) is 0 Å². The quantitative estimate of drug-likeness (QED) is 0.827. The Hall–Kier alpha value is -1.78. The Morgan fingerprint density at radius 3 is 2.40 bits per heavy atom. The van der Waals surface area contributed by atoms with Gasteiger partial charge >= 0.3 is 11.9 Å². The van der Waals surface area contributed by atoms with Gasteiger partial charge < -0.3 is 14.9 Å². The molecule has 5 heteroatoms. The second-order valence-corrected chi connectivity index (χ2v) is 5.72. The third-order valence-electron chi connectivity index (χ3n) is 4.12. The minimum absolute atomic E-state index is 0.0454. The van der Waals surface area contributed by atoms with E-state index in [4.69, 9.17) is 9.84 Å². The number of aliphatic carboxylic acids is 2. The molecule has 1 saturated carbocycles. The van der Waals surface area contributed by atoms with Gasteiger partial charge in [0.15, 0.2) is 0 Å². The standard InChI is InChI=1S/C15H20O5/c1-15(14(18)19)9-10(13(16)17)7-8-12(15)20-11-5-3-2-4-6-11/h7-8,11H,2-6,9H2,1H3,(H,16,17)(H,18,19). The highest BCUT2D eigenvalue weighted by Gasteiger charge is 2.43. The fourth-order valence-electron chi connectivity index (χ4n) is 2.75. The maximum atomic E-state index is 11.6. The van der Waals surface area contributed by atoms with Gasteiger partial charge in [0.25, 0.3) is 0 Å². The molecular weight excluding hydrogens is 260 g/mol. The van der Waals surface area contributed by atoms with Crippen molar-refractivity contribution in [3.8, 4) is 0 Å². The van der Waals surface area contributed by atoms with Crippen LogP contribution in [0.25, 0.3) is 0 Å². The fraction of sp³-hybridized carbons (Fsp3) is 0.600. The summed E-state index contributed by atoms with van der Waals surface area (Å²) < 4.78 is 5.88. The molecule has 0 saturated heterocycles. The average Bonchev–Trinajstić information content (AvgIpc) is 2.42. The summed E-state index contributed by atoms with van der Waals surface area (Å²) in [5.41, 5.74) is -1.19. The second-order valence-electron chi connectivity index (χ2n) is 5.72. The zero-order chi connectivity index (χ0) is 14.8. The van der Waals surface area contributed by atoms with Crippen LogP contribution < -0.4 is 0 Å². The lowest BCUT2D eigenvalue weighted by molar-refractivity contribution is -0.149. The molecule has 0 aromatic heterocycles. The Kier molecular flexibility index (Phi) is 4.16. The molecule has 2 N–H and O–H groups in total. The first kappa shape index (κ1) is 14.6. The van der Waals surface area contributed by atoms with Crippen LogP contribution in [0.5, 0.6) is 0 Å². The molecule has 1 unspecified atom stereocenters. The molecule has 0 spiro atoms. The SMILES string of the molecule is CC1(C(=O)O)CC(C(=O)O)=CC=C1OC1CCCCC1. The minimum atomic E-state index is -1.29. The fourth-order valence-corrected chi connectivity index (χ4v) is 2.75. The predicted octanol–water partition coefficient (Wildman–Crippen LogP) is 2.73. The number of rotatable bonds is 4. The smallest absolute Gasteiger partial charge is 0.331 e. The first-order valence-corrected chi connectivity index (χ1v) is 6.98. The molecule has 0 aromatic carbocycles. The number of carboxylic acid groups (broad SMARTS) is 2. The van der Waals surface area contributed by atoms with Crippen molar-refractivity contribution in [1.82, 2.24) is 0 Å². The van der Waals surface area contributed by atoms with E-state index in [0.717, 1.165) is 25.7 Å². The lowest BCUT2D eigenvalue weighted by atomic mass is 9.78. The lowest BCUT2D eigenvalue weighted by Gasteiger charge is -2.34. The molecule has 0 heterocycles. The van der Waals surface area contributed by atoms with Crippen LogP contribution in [-0.2, 0) is 14.3 Å². The Bertz CT molecular complexity index is 471. The Morgan fingerprint density at radius 1 is 1.20 bits per heavy atom. The molecule has 1 atom stereocenters. The highest BCUT2D eigenvalue weighted by Crippen LogP contribution is 2.40. The number of hydrogen-bond donors (Lipinski definition) is 2. The lowest BCUT2D eigenvalue weighted by Crippen LogP contribution is -2.36. The Labute approximate surface area is 117 Å². The van der Waals surface area contributed by atoms with Gasteiger partial charge in [0.2, 0.25) is 0 Å². The summed E-state index contributed by atoms with van der Waals surface area (Å²) >= 11 is 0. The molecule has 2 rings (SSSR count). The van der Waals surface area contributed by atoms with Crippen molar-refractivity contribution < 1.29 is 24.5 Å². The van der Waals surface area contributed by atoms with E-state index in [1.54, 1.807) is 0 Å². The third kappa shape index (κ3) is 2.86. The van der Waals surface area contributed by atoms with Crippen molar-refractivity contribution in [2.45, 2.75) is 51.6 Å². The molecule has 2 aliphatic rings. The van der Waals surface area contributed by atoms with Crippen molar-refractivity contribution in [1.29, 1.82) is 0 Å². The van der Waals surface area contributed by atoms with Crippen LogP contribution in [0.2, 0.25) is 0 Å². The zero-order valence-corrected chi connectivity index (χ0v) is 11.6. The summed E-state index contributed by atoms with van der Waals surface area (Å²) in [5, 5.41) is 18.5. The normalized spacial score (nSPS) is 27.4. The van der Waals surface area contributed by atoms with Crippen molar-refractivity contribution in [2.75, 3.05) is 0 Å². The third-order valence-corrected chi connectivity index (χ3v) is 4.12. The van der Waals surface area contributed by atoms with E-state index in [9.17, 15) is 14.7 Å².